The predicted molar refractivity (Wildman–Crippen MR) is 89.0 cm³/mol. The molecule has 0 bridgehead atoms. The summed E-state index contributed by atoms with van der Waals surface area (Å²) in [6.07, 6.45) is 0.939. The van der Waals surface area contributed by atoms with E-state index in [0.717, 1.165) is 25.1 Å². The minimum atomic E-state index is -0.864. The Bertz CT molecular complexity index is 733. The van der Waals surface area contributed by atoms with Crippen LogP contribution in [0.5, 0.6) is 0 Å². The molecule has 1 unspecified atom stereocenters. The van der Waals surface area contributed by atoms with Crippen molar-refractivity contribution < 1.29 is 14.4 Å². The third-order valence-electron chi connectivity index (χ3n) is 4.38. The molecule has 1 atom stereocenters. The largest absolute Gasteiger partial charge is 0.478 e. The van der Waals surface area contributed by atoms with Gasteiger partial charge >= 0.3 is 5.97 Å². The standard InChI is InChI=1S/C18H23N3O3/c1-18(2,3)17-19-15(20-24-17)11-21-9-8-12(10-21)13-6-4-5-7-14(13)16(22)23/h4-7,12H,8-11H2,1-3H3,(H,22,23). The maximum Gasteiger partial charge on any atom is 0.335 e. The highest BCUT2D eigenvalue weighted by Gasteiger charge is 2.28. The number of benzene rings is 1. The van der Waals surface area contributed by atoms with Crippen LogP contribution in [0.4, 0.5) is 0 Å². The Morgan fingerprint density at radius 1 is 1.38 bits per heavy atom. The Balaban J connectivity index is 1.68. The zero-order valence-corrected chi connectivity index (χ0v) is 14.3. The molecule has 128 valence electrons. The van der Waals surface area contributed by atoms with Gasteiger partial charge in [-0.1, -0.05) is 44.1 Å². The quantitative estimate of drug-likeness (QED) is 0.928. The highest BCUT2D eigenvalue weighted by atomic mass is 16.5. The fourth-order valence-electron chi connectivity index (χ4n) is 3.10. The molecule has 1 aromatic heterocycles. The topological polar surface area (TPSA) is 79.5 Å². The van der Waals surface area contributed by atoms with Crippen LogP contribution in [0, 0.1) is 0 Å². The summed E-state index contributed by atoms with van der Waals surface area (Å²) in [5.41, 5.74) is 1.16. The van der Waals surface area contributed by atoms with E-state index in [1.54, 1.807) is 12.1 Å². The van der Waals surface area contributed by atoms with Crippen molar-refractivity contribution in [2.24, 2.45) is 0 Å². The summed E-state index contributed by atoms with van der Waals surface area (Å²) in [6.45, 7) is 8.46. The second kappa shape index (κ2) is 6.36. The second-order valence-corrected chi connectivity index (χ2v) is 7.38. The fourth-order valence-corrected chi connectivity index (χ4v) is 3.10. The van der Waals surface area contributed by atoms with Crippen LogP contribution in [-0.4, -0.2) is 39.2 Å². The molecule has 1 aliphatic heterocycles. The van der Waals surface area contributed by atoms with Gasteiger partial charge in [0.25, 0.3) is 0 Å². The molecule has 24 heavy (non-hydrogen) atoms. The number of carbonyl (C=O) groups is 1. The molecular formula is C18H23N3O3. The van der Waals surface area contributed by atoms with Crippen LogP contribution in [0.15, 0.2) is 28.8 Å². The Kier molecular flexibility index (Phi) is 4.41. The van der Waals surface area contributed by atoms with E-state index in [1.807, 2.05) is 32.9 Å². The molecule has 6 nitrogen and oxygen atoms in total. The van der Waals surface area contributed by atoms with Gasteiger partial charge in [0.1, 0.15) is 0 Å². The summed E-state index contributed by atoms with van der Waals surface area (Å²) < 4.78 is 5.34. The first kappa shape index (κ1) is 16.6. The van der Waals surface area contributed by atoms with E-state index in [-0.39, 0.29) is 11.3 Å². The first-order valence-electron chi connectivity index (χ1n) is 8.22. The molecule has 6 heteroatoms. The lowest BCUT2D eigenvalue weighted by Crippen LogP contribution is -2.21. The molecule has 1 aliphatic rings. The van der Waals surface area contributed by atoms with Gasteiger partial charge in [0, 0.05) is 12.0 Å². The van der Waals surface area contributed by atoms with Gasteiger partial charge in [0.05, 0.1) is 12.1 Å². The van der Waals surface area contributed by atoms with Crippen LogP contribution in [-0.2, 0) is 12.0 Å². The Morgan fingerprint density at radius 2 is 2.12 bits per heavy atom. The third-order valence-corrected chi connectivity index (χ3v) is 4.38. The molecule has 2 heterocycles. The lowest BCUT2D eigenvalue weighted by Gasteiger charge is -2.15. The number of nitrogens with zero attached hydrogens (tertiary/aromatic N) is 3. The van der Waals surface area contributed by atoms with Gasteiger partial charge in [-0.25, -0.2) is 4.79 Å². The SMILES string of the molecule is CC(C)(C)c1nc(CN2CCC(c3ccccc3C(=O)O)C2)no1. The van der Waals surface area contributed by atoms with Crippen molar-refractivity contribution in [2.75, 3.05) is 13.1 Å². The maximum absolute atomic E-state index is 11.4. The summed E-state index contributed by atoms with van der Waals surface area (Å²) >= 11 is 0. The number of aromatic carboxylic acids is 1. The minimum absolute atomic E-state index is 0.154. The average Bonchev–Trinajstić information content (AvgIpc) is 3.16. The monoisotopic (exact) mass is 329 g/mol. The zero-order chi connectivity index (χ0) is 17.3. The molecule has 1 aromatic carbocycles. The normalized spacial score (nSPS) is 18.9. The summed E-state index contributed by atoms with van der Waals surface area (Å²) in [5, 5.41) is 13.4. The number of carboxylic acids is 1. The number of hydrogen-bond donors (Lipinski definition) is 1. The average molecular weight is 329 g/mol. The molecule has 1 saturated heterocycles. The summed E-state index contributed by atoms with van der Waals surface area (Å²) in [4.78, 5) is 18.1. The highest BCUT2D eigenvalue weighted by Crippen LogP contribution is 2.30. The number of hydrogen-bond acceptors (Lipinski definition) is 5. The molecule has 0 radical (unpaired) electrons. The van der Waals surface area contributed by atoms with Gasteiger partial charge in [0.15, 0.2) is 5.82 Å². The van der Waals surface area contributed by atoms with Gasteiger partial charge < -0.3 is 9.63 Å². The van der Waals surface area contributed by atoms with Crippen LogP contribution < -0.4 is 0 Å². The number of carboxylic acid groups (broad SMARTS) is 1. The van der Waals surface area contributed by atoms with E-state index in [9.17, 15) is 9.90 Å². The summed E-state index contributed by atoms with van der Waals surface area (Å²) in [7, 11) is 0. The summed E-state index contributed by atoms with van der Waals surface area (Å²) in [6, 6.07) is 7.27. The Labute approximate surface area is 141 Å². The minimum Gasteiger partial charge on any atom is -0.478 e. The van der Waals surface area contributed by atoms with Crippen LogP contribution >= 0.6 is 0 Å². The van der Waals surface area contributed by atoms with Crippen molar-refractivity contribution in [3.8, 4) is 0 Å². The molecule has 0 saturated carbocycles. The predicted octanol–water partition coefficient (Wildman–Crippen LogP) is 3.05. The van der Waals surface area contributed by atoms with E-state index >= 15 is 0 Å². The molecule has 2 aromatic rings. The van der Waals surface area contributed by atoms with Crippen molar-refractivity contribution in [1.29, 1.82) is 0 Å². The van der Waals surface area contributed by atoms with Gasteiger partial charge in [-0.15, -0.1) is 0 Å². The lowest BCUT2D eigenvalue weighted by molar-refractivity contribution is 0.0695. The van der Waals surface area contributed by atoms with Gasteiger partial charge in [-0.3, -0.25) is 4.90 Å². The number of aromatic nitrogens is 2. The van der Waals surface area contributed by atoms with Crippen LogP contribution in [0.1, 0.15) is 60.7 Å². The molecule has 1 N–H and O–H groups in total. The molecule has 0 amide bonds. The van der Waals surface area contributed by atoms with E-state index in [4.69, 9.17) is 4.52 Å². The summed E-state index contributed by atoms with van der Waals surface area (Å²) in [5.74, 6) is 0.694. The van der Waals surface area contributed by atoms with E-state index in [0.29, 0.717) is 23.8 Å². The Hall–Kier alpha value is -2.21. The van der Waals surface area contributed by atoms with E-state index < -0.39 is 5.97 Å². The molecular weight excluding hydrogens is 306 g/mol. The van der Waals surface area contributed by atoms with Gasteiger partial charge in [0.2, 0.25) is 5.89 Å². The third kappa shape index (κ3) is 3.48. The van der Waals surface area contributed by atoms with Crippen molar-refractivity contribution >= 4 is 5.97 Å². The van der Waals surface area contributed by atoms with Crippen molar-refractivity contribution in [3.05, 3.63) is 47.1 Å². The number of rotatable bonds is 4. The molecule has 3 rings (SSSR count). The first-order chi connectivity index (χ1) is 11.3. The second-order valence-electron chi connectivity index (χ2n) is 7.38. The van der Waals surface area contributed by atoms with Crippen molar-refractivity contribution in [2.45, 2.75) is 45.1 Å². The Morgan fingerprint density at radius 3 is 2.79 bits per heavy atom. The van der Waals surface area contributed by atoms with Crippen molar-refractivity contribution in [3.63, 3.8) is 0 Å². The number of likely N-dealkylation sites (tertiary alicyclic amines) is 1. The van der Waals surface area contributed by atoms with Gasteiger partial charge in [-0.05, 0) is 30.5 Å². The smallest absolute Gasteiger partial charge is 0.335 e. The molecule has 0 aliphatic carbocycles. The van der Waals surface area contributed by atoms with Crippen LogP contribution in [0.2, 0.25) is 0 Å². The van der Waals surface area contributed by atoms with Crippen LogP contribution in [0.25, 0.3) is 0 Å². The van der Waals surface area contributed by atoms with Gasteiger partial charge in [-0.2, -0.15) is 4.98 Å². The van der Waals surface area contributed by atoms with E-state index in [1.165, 1.54) is 0 Å². The molecule has 1 fully saturated rings. The highest BCUT2D eigenvalue weighted by molar-refractivity contribution is 5.89. The van der Waals surface area contributed by atoms with Crippen molar-refractivity contribution in [1.82, 2.24) is 15.0 Å². The fraction of sp³-hybridized carbons (Fsp3) is 0.500. The maximum atomic E-state index is 11.4. The first-order valence-corrected chi connectivity index (χ1v) is 8.22. The molecule has 0 spiro atoms. The zero-order valence-electron chi connectivity index (χ0n) is 14.3. The lowest BCUT2D eigenvalue weighted by atomic mass is 9.93. The van der Waals surface area contributed by atoms with E-state index in [2.05, 4.69) is 15.0 Å². The van der Waals surface area contributed by atoms with Crippen LogP contribution in [0.3, 0.4) is 0 Å².